The summed E-state index contributed by atoms with van der Waals surface area (Å²) in [6, 6.07) is 15.4. The second kappa shape index (κ2) is 6.57. The highest BCUT2D eigenvalue weighted by Gasteiger charge is 2.12. The van der Waals surface area contributed by atoms with Crippen molar-refractivity contribution in [2.45, 2.75) is 12.8 Å². The summed E-state index contributed by atoms with van der Waals surface area (Å²) in [7, 11) is 0. The van der Waals surface area contributed by atoms with E-state index in [9.17, 15) is 4.79 Å². The van der Waals surface area contributed by atoms with Crippen molar-refractivity contribution in [3.8, 4) is 0 Å². The predicted molar refractivity (Wildman–Crippen MR) is 85.7 cm³/mol. The molecule has 0 spiro atoms. The molecule has 1 amide bonds. The Labute approximate surface area is 127 Å². The van der Waals surface area contributed by atoms with Gasteiger partial charge in [0.2, 0.25) is 0 Å². The zero-order chi connectivity index (χ0) is 14.5. The minimum atomic E-state index is -0.147. The quantitative estimate of drug-likeness (QED) is 0.841. The van der Waals surface area contributed by atoms with E-state index in [0.29, 0.717) is 17.8 Å². The zero-order valence-electron chi connectivity index (χ0n) is 11.3. The van der Waals surface area contributed by atoms with Crippen LogP contribution in [0.1, 0.15) is 28.8 Å². The second-order valence-electron chi connectivity index (χ2n) is 4.75. The van der Waals surface area contributed by atoms with Gasteiger partial charge in [-0.05, 0) is 29.7 Å². The zero-order valence-corrected chi connectivity index (χ0v) is 12.9. The number of nitrogens with two attached hydrogens (primary N) is 1. The Morgan fingerprint density at radius 3 is 2.65 bits per heavy atom. The van der Waals surface area contributed by atoms with E-state index in [-0.39, 0.29) is 11.8 Å². The van der Waals surface area contributed by atoms with Crippen LogP contribution in [-0.4, -0.2) is 12.5 Å². The van der Waals surface area contributed by atoms with Crippen LogP contribution in [0.2, 0.25) is 0 Å². The summed E-state index contributed by atoms with van der Waals surface area (Å²) >= 11 is 3.35. The summed E-state index contributed by atoms with van der Waals surface area (Å²) in [6.07, 6.45) is 0. The minimum Gasteiger partial charge on any atom is -0.398 e. The van der Waals surface area contributed by atoms with E-state index in [2.05, 4.69) is 40.3 Å². The third kappa shape index (κ3) is 3.61. The molecule has 3 N–H and O–H groups in total. The summed E-state index contributed by atoms with van der Waals surface area (Å²) in [4.78, 5) is 12.1. The fourth-order valence-corrected chi connectivity index (χ4v) is 2.33. The van der Waals surface area contributed by atoms with E-state index in [1.807, 2.05) is 24.3 Å². The number of hydrogen-bond donors (Lipinski definition) is 2. The number of hydrogen-bond acceptors (Lipinski definition) is 2. The molecule has 0 saturated heterocycles. The third-order valence-electron chi connectivity index (χ3n) is 3.20. The number of amides is 1. The summed E-state index contributed by atoms with van der Waals surface area (Å²) in [6.45, 7) is 2.66. The molecule has 20 heavy (non-hydrogen) atoms. The Hall–Kier alpha value is -1.81. The maximum absolute atomic E-state index is 12.1. The van der Waals surface area contributed by atoms with E-state index in [4.69, 9.17) is 5.73 Å². The standard InChI is InChI=1S/C16H17BrN2O/c1-11(12-5-3-2-4-6-12)10-19-16(20)14-9-13(17)7-8-15(14)18/h2-9,11H,10,18H2,1H3,(H,19,20). The minimum absolute atomic E-state index is 0.147. The topological polar surface area (TPSA) is 55.1 Å². The van der Waals surface area contributed by atoms with Crippen LogP contribution < -0.4 is 11.1 Å². The fourth-order valence-electron chi connectivity index (χ4n) is 1.97. The van der Waals surface area contributed by atoms with Crippen molar-refractivity contribution in [3.05, 3.63) is 64.1 Å². The molecule has 2 rings (SSSR count). The van der Waals surface area contributed by atoms with Crippen molar-refractivity contribution in [2.24, 2.45) is 0 Å². The molecule has 2 aromatic carbocycles. The number of carbonyl (C=O) groups is 1. The summed E-state index contributed by atoms with van der Waals surface area (Å²) in [5, 5.41) is 2.93. The molecule has 1 atom stereocenters. The number of halogens is 1. The van der Waals surface area contributed by atoms with Crippen LogP contribution in [0, 0.1) is 0 Å². The van der Waals surface area contributed by atoms with Crippen LogP contribution in [0.3, 0.4) is 0 Å². The number of carbonyl (C=O) groups excluding carboxylic acids is 1. The highest BCUT2D eigenvalue weighted by atomic mass is 79.9. The number of anilines is 1. The Morgan fingerprint density at radius 2 is 1.95 bits per heavy atom. The van der Waals surface area contributed by atoms with Crippen LogP contribution in [-0.2, 0) is 0 Å². The molecule has 0 aromatic heterocycles. The maximum Gasteiger partial charge on any atom is 0.253 e. The molecular weight excluding hydrogens is 316 g/mol. The number of nitrogen functional groups attached to an aromatic ring is 1. The van der Waals surface area contributed by atoms with Crippen LogP contribution >= 0.6 is 15.9 Å². The molecule has 0 aliphatic carbocycles. The lowest BCUT2D eigenvalue weighted by Crippen LogP contribution is -2.28. The Balaban J connectivity index is 2.00. The molecule has 2 aromatic rings. The molecule has 4 heteroatoms. The highest BCUT2D eigenvalue weighted by molar-refractivity contribution is 9.10. The molecule has 104 valence electrons. The molecule has 0 radical (unpaired) electrons. The van der Waals surface area contributed by atoms with Crippen LogP contribution in [0.25, 0.3) is 0 Å². The Morgan fingerprint density at radius 1 is 1.25 bits per heavy atom. The Bertz CT molecular complexity index is 599. The van der Waals surface area contributed by atoms with Gasteiger partial charge in [-0.15, -0.1) is 0 Å². The van der Waals surface area contributed by atoms with Gasteiger partial charge in [-0.25, -0.2) is 0 Å². The SMILES string of the molecule is CC(CNC(=O)c1cc(Br)ccc1N)c1ccccc1. The van der Waals surface area contributed by atoms with Crippen LogP contribution in [0.4, 0.5) is 5.69 Å². The van der Waals surface area contributed by atoms with Crippen molar-refractivity contribution in [3.63, 3.8) is 0 Å². The van der Waals surface area contributed by atoms with Gasteiger partial charge in [-0.2, -0.15) is 0 Å². The third-order valence-corrected chi connectivity index (χ3v) is 3.69. The fraction of sp³-hybridized carbons (Fsp3) is 0.188. The molecule has 3 nitrogen and oxygen atoms in total. The van der Waals surface area contributed by atoms with Crippen LogP contribution in [0.5, 0.6) is 0 Å². The average Bonchev–Trinajstić information content (AvgIpc) is 2.47. The lowest BCUT2D eigenvalue weighted by Gasteiger charge is -2.14. The summed E-state index contributed by atoms with van der Waals surface area (Å²) in [5.41, 5.74) is 8.01. The first-order valence-corrected chi connectivity index (χ1v) is 7.25. The largest absolute Gasteiger partial charge is 0.398 e. The lowest BCUT2D eigenvalue weighted by atomic mass is 10.0. The smallest absolute Gasteiger partial charge is 0.253 e. The van der Waals surface area contributed by atoms with E-state index in [1.54, 1.807) is 12.1 Å². The van der Waals surface area contributed by atoms with Gasteiger partial charge in [-0.1, -0.05) is 53.2 Å². The molecule has 1 unspecified atom stereocenters. The van der Waals surface area contributed by atoms with E-state index < -0.39 is 0 Å². The molecule has 0 aliphatic rings. The number of nitrogens with one attached hydrogen (secondary N) is 1. The average molecular weight is 333 g/mol. The molecular formula is C16H17BrN2O. The summed E-state index contributed by atoms with van der Waals surface area (Å²) in [5.74, 6) is 0.111. The predicted octanol–water partition coefficient (Wildman–Crippen LogP) is 3.56. The molecule has 0 aliphatic heterocycles. The van der Waals surface area contributed by atoms with Crippen molar-refractivity contribution >= 4 is 27.5 Å². The van der Waals surface area contributed by atoms with Gasteiger partial charge in [0, 0.05) is 16.7 Å². The van der Waals surface area contributed by atoms with Crippen molar-refractivity contribution in [1.29, 1.82) is 0 Å². The van der Waals surface area contributed by atoms with Gasteiger partial charge in [0.05, 0.1) is 5.56 Å². The molecule has 0 heterocycles. The Kier molecular flexibility index (Phi) is 4.79. The first kappa shape index (κ1) is 14.6. The van der Waals surface area contributed by atoms with Gasteiger partial charge in [0.15, 0.2) is 0 Å². The molecule has 0 fully saturated rings. The molecule has 0 saturated carbocycles. The van der Waals surface area contributed by atoms with E-state index in [1.165, 1.54) is 5.56 Å². The van der Waals surface area contributed by atoms with Gasteiger partial charge in [0.1, 0.15) is 0 Å². The van der Waals surface area contributed by atoms with Crippen molar-refractivity contribution in [2.75, 3.05) is 12.3 Å². The maximum atomic E-state index is 12.1. The van der Waals surface area contributed by atoms with Crippen LogP contribution in [0.15, 0.2) is 53.0 Å². The van der Waals surface area contributed by atoms with Gasteiger partial charge in [0.25, 0.3) is 5.91 Å². The number of rotatable bonds is 4. The lowest BCUT2D eigenvalue weighted by molar-refractivity contribution is 0.0952. The van der Waals surface area contributed by atoms with Gasteiger partial charge >= 0.3 is 0 Å². The molecule has 0 bridgehead atoms. The first-order chi connectivity index (χ1) is 9.58. The summed E-state index contributed by atoms with van der Waals surface area (Å²) < 4.78 is 0.841. The first-order valence-electron chi connectivity index (χ1n) is 6.46. The van der Waals surface area contributed by atoms with E-state index >= 15 is 0 Å². The number of benzene rings is 2. The highest BCUT2D eigenvalue weighted by Crippen LogP contribution is 2.19. The van der Waals surface area contributed by atoms with Gasteiger partial charge < -0.3 is 11.1 Å². The van der Waals surface area contributed by atoms with Gasteiger partial charge in [-0.3, -0.25) is 4.79 Å². The van der Waals surface area contributed by atoms with Crippen molar-refractivity contribution < 1.29 is 4.79 Å². The second-order valence-corrected chi connectivity index (χ2v) is 5.67. The monoisotopic (exact) mass is 332 g/mol. The van der Waals surface area contributed by atoms with E-state index in [0.717, 1.165) is 4.47 Å². The normalized spacial score (nSPS) is 11.9. The van der Waals surface area contributed by atoms with Crippen molar-refractivity contribution in [1.82, 2.24) is 5.32 Å².